The number of hydrogen-bond donors (Lipinski definition) is 5. The highest BCUT2D eigenvalue weighted by molar-refractivity contribution is 6.24. The molecule has 4 atom stereocenters. The van der Waals surface area contributed by atoms with Crippen LogP contribution in [-0.4, -0.2) is 87.0 Å². The third-order valence-electron chi connectivity index (χ3n) is 8.44. The van der Waals surface area contributed by atoms with Crippen LogP contribution in [0.3, 0.4) is 0 Å². The van der Waals surface area contributed by atoms with Gasteiger partial charge in [-0.15, -0.1) is 0 Å². The lowest BCUT2D eigenvalue weighted by Crippen LogP contribution is -2.65. The van der Waals surface area contributed by atoms with Gasteiger partial charge in [0.05, 0.1) is 11.6 Å². The quantitative estimate of drug-likeness (QED) is 0.337. The van der Waals surface area contributed by atoms with Crippen molar-refractivity contribution in [3.05, 3.63) is 45.5 Å². The van der Waals surface area contributed by atoms with Crippen molar-refractivity contribution in [2.24, 2.45) is 23.5 Å². The highest BCUT2D eigenvalue weighted by atomic mass is 19.1. The van der Waals surface area contributed by atoms with E-state index in [1.54, 1.807) is 0 Å². The second kappa shape index (κ2) is 8.89. The van der Waals surface area contributed by atoms with Gasteiger partial charge in [-0.25, -0.2) is 4.39 Å². The number of nitrogens with two attached hydrogens (primary N) is 1. The molecule has 2 saturated carbocycles. The van der Waals surface area contributed by atoms with Crippen molar-refractivity contribution in [2.45, 2.75) is 43.9 Å². The van der Waals surface area contributed by atoms with Crippen molar-refractivity contribution in [1.29, 1.82) is 0 Å². The smallest absolute Gasteiger partial charge is 0.255 e. The van der Waals surface area contributed by atoms with Gasteiger partial charge >= 0.3 is 0 Å². The minimum Gasteiger partial charge on any atom is -0.508 e. The van der Waals surface area contributed by atoms with E-state index in [0.717, 1.165) is 19.4 Å². The van der Waals surface area contributed by atoms with Crippen molar-refractivity contribution in [1.82, 2.24) is 9.80 Å². The SMILES string of the molecule is CN(Cc1cc(O)c2c(c1F)C[C@H]1C[C@H]3[C@H](N(C)C)C(=O)C(C(N)=O)=C(O)[C@@]3(O)C(=O)C1=C2O)CC1CC1. The van der Waals surface area contributed by atoms with E-state index in [2.05, 4.69) is 0 Å². The first-order valence-electron chi connectivity index (χ1n) is 12.7. The van der Waals surface area contributed by atoms with Crippen LogP contribution in [0.15, 0.2) is 23.0 Å². The fourth-order valence-corrected chi connectivity index (χ4v) is 6.56. The maximum atomic E-state index is 15.8. The lowest BCUT2D eigenvalue weighted by atomic mass is 9.57. The number of Topliss-reactive ketones (excluding diaryl/α,β-unsaturated/α-hetero) is 2. The van der Waals surface area contributed by atoms with Gasteiger partial charge < -0.3 is 31.1 Å². The predicted octanol–water partition coefficient (Wildman–Crippen LogP) is 0.945. The van der Waals surface area contributed by atoms with Crippen LogP contribution in [0.5, 0.6) is 5.75 Å². The van der Waals surface area contributed by atoms with E-state index in [1.807, 2.05) is 11.9 Å². The first-order chi connectivity index (χ1) is 17.8. The van der Waals surface area contributed by atoms with Crippen molar-refractivity contribution in [2.75, 3.05) is 27.7 Å². The maximum absolute atomic E-state index is 15.8. The van der Waals surface area contributed by atoms with Gasteiger partial charge in [0.25, 0.3) is 5.91 Å². The number of aliphatic hydroxyl groups is 3. The van der Waals surface area contributed by atoms with Crippen LogP contribution in [0.2, 0.25) is 0 Å². The van der Waals surface area contributed by atoms with Gasteiger partial charge in [0.2, 0.25) is 5.78 Å². The molecule has 0 unspecified atom stereocenters. The number of phenolic OH excluding ortho intramolecular Hbond substituents is 1. The molecule has 2 fully saturated rings. The molecular weight excluding hydrogens is 497 g/mol. The summed E-state index contributed by atoms with van der Waals surface area (Å²) >= 11 is 0. The molecule has 204 valence electrons. The summed E-state index contributed by atoms with van der Waals surface area (Å²) in [6, 6.07) is 0.0387. The van der Waals surface area contributed by atoms with Crippen LogP contribution in [-0.2, 0) is 27.3 Å². The van der Waals surface area contributed by atoms with Crippen molar-refractivity contribution in [3.8, 4) is 5.75 Å². The Labute approximate surface area is 218 Å². The van der Waals surface area contributed by atoms with Crippen LogP contribution in [0.1, 0.15) is 36.0 Å². The molecule has 38 heavy (non-hydrogen) atoms. The van der Waals surface area contributed by atoms with Gasteiger partial charge in [-0.2, -0.15) is 0 Å². The summed E-state index contributed by atoms with van der Waals surface area (Å²) in [6.45, 7) is 1.05. The van der Waals surface area contributed by atoms with Gasteiger partial charge in [0, 0.05) is 35.7 Å². The number of benzene rings is 1. The van der Waals surface area contributed by atoms with Gasteiger partial charge in [-0.3, -0.25) is 19.3 Å². The minimum absolute atomic E-state index is 0.0467. The topological polar surface area (TPSA) is 165 Å². The molecule has 0 aromatic heterocycles. The van der Waals surface area contributed by atoms with Gasteiger partial charge in [-0.1, -0.05) is 0 Å². The van der Waals surface area contributed by atoms with Crippen molar-refractivity contribution in [3.63, 3.8) is 0 Å². The highest BCUT2D eigenvalue weighted by Gasteiger charge is 2.64. The number of phenols is 1. The van der Waals surface area contributed by atoms with Crippen molar-refractivity contribution < 1.29 is 39.2 Å². The first-order valence-corrected chi connectivity index (χ1v) is 12.7. The molecule has 0 spiro atoms. The summed E-state index contributed by atoms with van der Waals surface area (Å²) in [6.07, 6.45) is 2.11. The monoisotopic (exact) mass is 529 g/mol. The van der Waals surface area contributed by atoms with Crippen LogP contribution in [0, 0.1) is 23.6 Å². The predicted molar refractivity (Wildman–Crippen MR) is 133 cm³/mol. The molecule has 11 heteroatoms. The van der Waals surface area contributed by atoms with E-state index >= 15 is 4.39 Å². The number of carbonyl (C=O) groups excluding carboxylic acids is 3. The molecule has 0 saturated heterocycles. The second-order valence-electron chi connectivity index (χ2n) is 11.3. The number of fused-ring (bicyclic) bond motifs is 3. The molecule has 1 aromatic rings. The Balaban J connectivity index is 1.62. The Bertz CT molecular complexity index is 1330. The number of aliphatic hydroxyl groups excluding tert-OH is 2. The number of nitrogens with zero attached hydrogens (tertiary/aromatic N) is 2. The molecule has 1 amide bonds. The van der Waals surface area contributed by atoms with E-state index in [0.29, 0.717) is 5.92 Å². The Morgan fingerprint density at radius 2 is 1.84 bits per heavy atom. The average Bonchev–Trinajstić information content (AvgIpc) is 3.62. The summed E-state index contributed by atoms with van der Waals surface area (Å²) in [5.41, 5.74) is 1.48. The first kappa shape index (κ1) is 26.3. The molecule has 6 N–H and O–H groups in total. The molecule has 0 radical (unpaired) electrons. The van der Waals surface area contributed by atoms with E-state index in [9.17, 15) is 34.8 Å². The average molecular weight is 530 g/mol. The van der Waals surface area contributed by atoms with Crippen LogP contribution in [0.25, 0.3) is 5.76 Å². The fourth-order valence-electron chi connectivity index (χ4n) is 6.56. The number of hydrogen-bond acceptors (Lipinski definition) is 9. The largest absolute Gasteiger partial charge is 0.508 e. The number of amides is 1. The lowest BCUT2D eigenvalue weighted by molar-refractivity contribution is -0.153. The molecular formula is C27H32FN3O7. The summed E-state index contributed by atoms with van der Waals surface area (Å²) < 4.78 is 15.8. The third kappa shape index (κ3) is 3.75. The standard InChI is InChI=1S/C27H32FN3O7/c1-30(2)21-15-7-12-6-14-18(16(32)8-13(20(14)28)10-31(3)9-11-4-5-11)22(33)17(12)24(35)27(15,38)25(36)19(23(21)34)26(29)37/h8,11-12,15,21,32-33,36,38H,4-7,9-10H2,1-3H3,(H2,29,37)/t12-,15-,21-,27-/m0/s1. The lowest BCUT2D eigenvalue weighted by Gasteiger charge is -2.50. The number of likely N-dealkylation sites (N-methyl/N-ethyl adjacent to an activating group) is 1. The number of rotatable bonds is 6. The third-order valence-corrected chi connectivity index (χ3v) is 8.44. The zero-order valence-electron chi connectivity index (χ0n) is 21.5. The second-order valence-corrected chi connectivity index (χ2v) is 11.3. The number of primary amides is 1. The summed E-state index contributed by atoms with van der Waals surface area (Å²) in [5, 5.41) is 44.4. The molecule has 1 aromatic carbocycles. The highest BCUT2D eigenvalue weighted by Crippen LogP contribution is 2.53. The molecule has 0 aliphatic heterocycles. The Hall–Kier alpha value is -3.28. The summed E-state index contributed by atoms with van der Waals surface area (Å²) in [4.78, 5) is 42.3. The van der Waals surface area contributed by atoms with Gasteiger partial charge in [0.1, 0.15) is 28.7 Å². The molecule has 4 aliphatic rings. The zero-order chi connectivity index (χ0) is 27.8. The number of ketones is 2. The normalized spacial score (nSPS) is 29.1. The molecule has 10 nitrogen and oxygen atoms in total. The van der Waals surface area contributed by atoms with Crippen molar-refractivity contribution >= 4 is 23.2 Å². The van der Waals surface area contributed by atoms with Crippen LogP contribution in [0.4, 0.5) is 4.39 Å². The summed E-state index contributed by atoms with van der Waals surface area (Å²) in [5.74, 6) is -7.55. The van der Waals surface area contributed by atoms with E-state index < -0.39 is 69.6 Å². The Kier molecular flexibility index (Phi) is 6.16. The molecule has 4 aliphatic carbocycles. The molecule has 5 rings (SSSR count). The fraction of sp³-hybridized carbons (Fsp3) is 0.519. The minimum atomic E-state index is -2.72. The van der Waals surface area contributed by atoms with Crippen LogP contribution < -0.4 is 5.73 Å². The summed E-state index contributed by atoms with van der Waals surface area (Å²) in [7, 11) is 4.91. The zero-order valence-corrected chi connectivity index (χ0v) is 21.5. The Morgan fingerprint density at radius 3 is 2.42 bits per heavy atom. The number of aromatic hydroxyl groups is 1. The molecule has 0 heterocycles. The molecule has 0 bridgehead atoms. The van der Waals surface area contributed by atoms with Gasteiger partial charge in [-0.05, 0) is 64.7 Å². The van der Waals surface area contributed by atoms with E-state index in [1.165, 1.54) is 25.1 Å². The number of halogens is 1. The van der Waals surface area contributed by atoms with Gasteiger partial charge in [0.15, 0.2) is 11.4 Å². The van der Waals surface area contributed by atoms with Crippen LogP contribution >= 0.6 is 0 Å². The number of carbonyl (C=O) groups is 3. The van der Waals surface area contributed by atoms with E-state index in [-0.39, 0.29) is 41.6 Å². The Morgan fingerprint density at radius 1 is 1.18 bits per heavy atom. The maximum Gasteiger partial charge on any atom is 0.255 e. The van der Waals surface area contributed by atoms with E-state index in [4.69, 9.17) is 5.73 Å².